The third kappa shape index (κ3) is 5.71. The smallest absolute Gasteiger partial charge is 0.338 e. The Kier molecular flexibility index (Phi) is 7.38. The maximum Gasteiger partial charge on any atom is 0.338 e. The highest BCUT2D eigenvalue weighted by molar-refractivity contribution is 7.89. The first-order chi connectivity index (χ1) is 11.6. The number of carbonyl (C=O) groups excluding carboxylic acids is 2. The van der Waals surface area contributed by atoms with Crippen LogP contribution >= 0.6 is 0 Å². The van der Waals surface area contributed by atoms with Crippen molar-refractivity contribution in [3.8, 4) is 5.75 Å². The number of ether oxygens (including phenoxy) is 2. The molecule has 1 rings (SSSR count). The fourth-order valence-corrected chi connectivity index (χ4v) is 2.86. The average molecular weight is 372 g/mol. The van der Waals surface area contributed by atoms with Crippen LogP contribution < -0.4 is 10.1 Å². The van der Waals surface area contributed by atoms with E-state index in [0.29, 0.717) is 6.54 Å². The van der Waals surface area contributed by atoms with Gasteiger partial charge in [-0.3, -0.25) is 4.79 Å². The first-order valence-corrected chi connectivity index (χ1v) is 9.08. The van der Waals surface area contributed by atoms with Crippen LogP contribution in [-0.4, -0.2) is 59.0 Å². The van der Waals surface area contributed by atoms with Gasteiger partial charge in [0.15, 0.2) is 6.61 Å². The summed E-state index contributed by atoms with van der Waals surface area (Å²) < 4.78 is 35.6. The molecule has 0 bridgehead atoms. The van der Waals surface area contributed by atoms with Crippen molar-refractivity contribution in [2.75, 3.05) is 34.4 Å². The van der Waals surface area contributed by atoms with Crippen molar-refractivity contribution < 1.29 is 27.5 Å². The molecule has 0 heterocycles. The van der Waals surface area contributed by atoms with Gasteiger partial charge in [0.25, 0.3) is 5.91 Å². The Morgan fingerprint density at radius 3 is 2.40 bits per heavy atom. The SMILES string of the molecule is COc1ccc(C(=O)OCC(=O)NCC(C)C)cc1S(=O)(=O)N(C)C. The van der Waals surface area contributed by atoms with E-state index in [0.717, 1.165) is 4.31 Å². The van der Waals surface area contributed by atoms with E-state index in [2.05, 4.69) is 5.32 Å². The van der Waals surface area contributed by atoms with Gasteiger partial charge in [-0.2, -0.15) is 0 Å². The normalized spacial score (nSPS) is 11.5. The molecular weight excluding hydrogens is 348 g/mol. The number of methoxy groups -OCH3 is 1. The Morgan fingerprint density at radius 1 is 1.24 bits per heavy atom. The van der Waals surface area contributed by atoms with Gasteiger partial charge in [0.05, 0.1) is 12.7 Å². The van der Waals surface area contributed by atoms with Gasteiger partial charge in [-0.05, 0) is 24.1 Å². The summed E-state index contributed by atoms with van der Waals surface area (Å²) in [6.45, 7) is 3.92. The summed E-state index contributed by atoms with van der Waals surface area (Å²) in [6, 6.07) is 3.91. The average Bonchev–Trinajstić information content (AvgIpc) is 2.56. The molecule has 0 atom stereocenters. The van der Waals surface area contributed by atoms with Crippen LogP contribution in [0.2, 0.25) is 0 Å². The summed E-state index contributed by atoms with van der Waals surface area (Å²) >= 11 is 0. The highest BCUT2D eigenvalue weighted by Crippen LogP contribution is 2.27. The fraction of sp³-hybridized carbons (Fsp3) is 0.500. The zero-order chi connectivity index (χ0) is 19.2. The zero-order valence-electron chi connectivity index (χ0n) is 15.0. The third-order valence-electron chi connectivity index (χ3n) is 3.20. The van der Waals surface area contributed by atoms with Crippen LogP contribution in [-0.2, 0) is 19.6 Å². The first-order valence-electron chi connectivity index (χ1n) is 7.64. The van der Waals surface area contributed by atoms with Crippen LogP contribution in [0.5, 0.6) is 5.75 Å². The number of hydrogen-bond acceptors (Lipinski definition) is 6. The Hall–Kier alpha value is -2.13. The van der Waals surface area contributed by atoms with Crippen LogP contribution in [0.4, 0.5) is 0 Å². The Bertz CT molecular complexity index is 728. The number of sulfonamides is 1. The molecule has 9 heteroatoms. The third-order valence-corrected chi connectivity index (χ3v) is 5.04. The van der Waals surface area contributed by atoms with E-state index >= 15 is 0 Å². The van der Waals surface area contributed by atoms with Crippen LogP contribution in [0.25, 0.3) is 0 Å². The lowest BCUT2D eigenvalue weighted by atomic mass is 10.2. The lowest BCUT2D eigenvalue weighted by Gasteiger charge is -2.15. The van der Waals surface area contributed by atoms with Gasteiger partial charge in [-0.25, -0.2) is 17.5 Å². The maximum atomic E-state index is 12.3. The topological polar surface area (TPSA) is 102 Å². The summed E-state index contributed by atoms with van der Waals surface area (Å²) in [4.78, 5) is 23.5. The molecular formula is C16H24N2O6S. The number of benzene rings is 1. The number of nitrogens with zero attached hydrogens (tertiary/aromatic N) is 1. The van der Waals surface area contributed by atoms with Crippen molar-refractivity contribution in [3.05, 3.63) is 23.8 Å². The van der Waals surface area contributed by atoms with E-state index in [-0.39, 0.29) is 22.1 Å². The lowest BCUT2D eigenvalue weighted by molar-refractivity contribution is -0.124. The van der Waals surface area contributed by atoms with E-state index in [1.165, 1.54) is 39.4 Å². The number of nitrogens with one attached hydrogen (secondary N) is 1. The highest BCUT2D eigenvalue weighted by Gasteiger charge is 2.24. The minimum atomic E-state index is -3.80. The van der Waals surface area contributed by atoms with Gasteiger partial charge in [0.2, 0.25) is 10.0 Å². The van der Waals surface area contributed by atoms with Gasteiger partial charge in [0.1, 0.15) is 10.6 Å². The summed E-state index contributed by atoms with van der Waals surface area (Å²) in [5.41, 5.74) is 0.0119. The summed E-state index contributed by atoms with van der Waals surface area (Å²) in [5.74, 6) is -0.825. The second kappa shape index (κ2) is 8.82. The van der Waals surface area contributed by atoms with Crippen molar-refractivity contribution in [2.24, 2.45) is 5.92 Å². The van der Waals surface area contributed by atoms with Gasteiger partial charge >= 0.3 is 5.97 Å². The van der Waals surface area contributed by atoms with Crippen molar-refractivity contribution in [1.29, 1.82) is 0 Å². The van der Waals surface area contributed by atoms with Crippen molar-refractivity contribution in [3.63, 3.8) is 0 Å². The van der Waals surface area contributed by atoms with Crippen LogP contribution in [0.15, 0.2) is 23.1 Å². The van der Waals surface area contributed by atoms with E-state index in [1.54, 1.807) is 0 Å². The highest BCUT2D eigenvalue weighted by atomic mass is 32.2. The summed E-state index contributed by atoms with van der Waals surface area (Å²) in [5, 5.41) is 2.62. The number of hydrogen-bond donors (Lipinski definition) is 1. The van der Waals surface area contributed by atoms with Crippen LogP contribution in [0.3, 0.4) is 0 Å². The van der Waals surface area contributed by atoms with Crippen molar-refractivity contribution in [2.45, 2.75) is 18.7 Å². The molecule has 0 aliphatic heterocycles. The van der Waals surface area contributed by atoms with Gasteiger partial charge in [-0.1, -0.05) is 13.8 Å². The van der Waals surface area contributed by atoms with Gasteiger partial charge in [0, 0.05) is 20.6 Å². The zero-order valence-corrected chi connectivity index (χ0v) is 15.8. The molecule has 0 unspecified atom stereocenters. The van der Waals surface area contributed by atoms with Crippen molar-refractivity contribution >= 4 is 21.9 Å². The van der Waals surface area contributed by atoms with E-state index < -0.39 is 28.5 Å². The molecule has 1 amide bonds. The second-order valence-electron chi connectivity index (χ2n) is 5.93. The molecule has 0 aromatic heterocycles. The van der Waals surface area contributed by atoms with Crippen molar-refractivity contribution in [1.82, 2.24) is 9.62 Å². The second-order valence-corrected chi connectivity index (χ2v) is 8.05. The monoisotopic (exact) mass is 372 g/mol. The van der Waals surface area contributed by atoms with E-state index in [9.17, 15) is 18.0 Å². The first kappa shape index (κ1) is 20.9. The largest absolute Gasteiger partial charge is 0.495 e. The Balaban J connectivity index is 2.92. The quantitative estimate of drug-likeness (QED) is 0.680. The molecule has 8 nitrogen and oxygen atoms in total. The number of esters is 1. The molecule has 0 fully saturated rings. The molecule has 0 spiro atoms. The lowest BCUT2D eigenvalue weighted by Crippen LogP contribution is -2.31. The number of rotatable bonds is 8. The fourth-order valence-electron chi connectivity index (χ4n) is 1.79. The van der Waals surface area contributed by atoms with E-state index in [4.69, 9.17) is 9.47 Å². The standard InChI is InChI=1S/C16H24N2O6S/c1-11(2)9-17-15(19)10-24-16(20)12-6-7-13(23-5)14(8-12)25(21,22)18(3)4/h6-8,11H,9-10H2,1-5H3,(H,17,19). The van der Waals surface area contributed by atoms with Gasteiger partial charge < -0.3 is 14.8 Å². The molecule has 140 valence electrons. The Labute approximate surface area is 148 Å². The molecule has 25 heavy (non-hydrogen) atoms. The van der Waals surface area contributed by atoms with E-state index in [1.807, 2.05) is 13.8 Å². The molecule has 1 aromatic rings. The maximum absolute atomic E-state index is 12.3. The van der Waals surface area contributed by atoms with Crippen LogP contribution in [0.1, 0.15) is 24.2 Å². The minimum absolute atomic E-state index is 0.0119. The molecule has 0 aliphatic carbocycles. The minimum Gasteiger partial charge on any atom is -0.495 e. The van der Waals surface area contributed by atoms with Crippen LogP contribution in [0, 0.1) is 5.92 Å². The molecule has 0 saturated carbocycles. The predicted octanol–water partition coefficient (Wildman–Crippen LogP) is 0.874. The number of amides is 1. The molecule has 0 aliphatic rings. The summed E-state index contributed by atoms with van der Waals surface area (Å²) in [6.07, 6.45) is 0. The predicted molar refractivity (Wildman–Crippen MR) is 92.0 cm³/mol. The van der Waals surface area contributed by atoms with Gasteiger partial charge in [-0.15, -0.1) is 0 Å². The molecule has 0 saturated heterocycles. The number of carbonyl (C=O) groups is 2. The summed E-state index contributed by atoms with van der Waals surface area (Å²) in [7, 11) is 0.278. The Morgan fingerprint density at radius 2 is 1.88 bits per heavy atom. The molecule has 1 N–H and O–H groups in total. The molecule has 1 aromatic carbocycles. The molecule has 0 radical (unpaired) electrons.